The summed E-state index contributed by atoms with van der Waals surface area (Å²) in [6.45, 7) is 0.379. The Kier molecular flexibility index (Phi) is 3.66. The van der Waals surface area contributed by atoms with Gasteiger partial charge in [0.15, 0.2) is 0 Å². The smallest absolute Gasteiger partial charge is 0.252 e. The zero-order chi connectivity index (χ0) is 13.1. The van der Waals surface area contributed by atoms with E-state index < -0.39 is 0 Å². The van der Waals surface area contributed by atoms with Gasteiger partial charge in [-0.3, -0.25) is 4.79 Å². The molecule has 0 atom stereocenters. The van der Waals surface area contributed by atoms with Gasteiger partial charge in [0.25, 0.3) is 5.91 Å². The van der Waals surface area contributed by atoms with Gasteiger partial charge in [-0.25, -0.2) is 4.98 Å². The molecule has 0 saturated heterocycles. The summed E-state index contributed by atoms with van der Waals surface area (Å²) in [5.74, 6) is 0.612. The summed E-state index contributed by atoms with van der Waals surface area (Å²) in [4.78, 5) is 16.1. The van der Waals surface area contributed by atoms with Gasteiger partial charge in [0.05, 0.1) is 12.1 Å². The molecule has 1 aromatic heterocycles. The van der Waals surface area contributed by atoms with Gasteiger partial charge >= 0.3 is 0 Å². The van der Waals surface area contributed by atoms with Gasteiger partial charge in [-0.1, -0.05) is 0 Å². The Hall–Kier alpha value is -1.82. The molecular formula is C12H13BrN4O. The van der Waals surface area contributed by atoms with Gasteiger partial charge in [-0.05, 0) is 34.1 Å². The second-order valence-electron chi connectivity index (χ2n) is 3.88. The molecule has 0 radical (unpaired) electrons. The summed E-state index contributed by atoms with van der Waals surface area (Å²) < 4.78 is 2.57. The number of carbonyl (C=O) groups is 1. The van der Waals surface area contributed by atoms with Crippen LogP contribution in [0.5, 0.6) is 0 Å². The number of amides is 1. The molecule has 1 amide bonds. The zero-order valence-electron chi connectivity index (χ0n) is 9.85. The molecule has 0 aliphatic carbocycles. The van der Waals surface area contributed by atoms with E-state index in [1.165, 1.54) is 0 Å². The highest BCUT2D eigenvalue weighted by molar-refractivity contribution is 9.10. The van der Waals surface area contributed by atoms with Gasteiger partial charge < -0.3 is 15.6 Å². The van der Waals surface area contributed by atoms with Crippen LogP contribution in [0, 0.1) is 0 Å². The van der Waals surface area contributed by atoms with E-state index in [-0.39, 0.29) is 5.91 Å². The quantitative estimate of drug-likeness (QED) is 0.848. The number of nitrogens with one attached hydrogen (secondary N) is 1. The normalized spacial score (nSPS) is 10.3. The molecule has 0 aliphatic heterocycles. The number of nitrogens with two attached hydrogens (primary N) is 1. The predicted octanol–water partition coefficient (Wildman–Crippen LogP) is 1.69. The number of imidazole rings is 1. The Morgan fingerprint density at radius 1 is 1.56 bits per heavy atom. The third-order valence-electron chi connectivity index (χ3n) is 2.56. The molecule has 0 fully saturated rings. The fraction of sp³-hybridized carbons (Fsp3) is 0.167. The minimum absolute atomic E-state index is 0.183. The molecule has 2 aromatic rings. The number of nitrogens with zero attached hydrogens (tertiary/aromatic N) is 2. The van der Waals surface area contributed by atoms with Gasteiger partial charge in [0.1, 0.15) is 5.82 Å². The van der Waals surface area contributed by atoms with Crippen LogP contribution in [-0.4, -0.2) is 15.5 Å². The highest BCUT2D eigenvalue weighted by atomic mass is 79.9. The van der Waals surface area contributed by atoms with Crippen LogP contribution in [0.2, 0.25) is 0 Å². The number of halogens is 1. The highest BCUT2D eigenvalue weighted by Crippen LogP contribution is 2.19. The number of aryl methyl sites for hydroxylation is 1. The number of carbonyl (C=O) groups excluding carboxylic acids is 1. The first-order valence-electron chi connectivity index (χ1n) is 5.37. The topological polar surface area (TPSA) is 72.9 Å². The number of nitrogen functional groups attached to an aromatic ring is 1. The van der Waals surface area contributed by atoms with Crippen LogP contribution in [0.3, 0.4) is 0 Å². The summed E-state index contributed by atoms with van der Waals surface area (Å²) in [6.07, 6.45) is 3.52. The first kappa shape index (κ1) is 12.6. The van der Waals surface area contributed by atoms with Crippen molar-refractivity contribution in [2.24, 2.45) is 7.05 Å². The zero-order valence-corrected chi connectivity index (χ0v) is 11.4. The molecule has 18 heavy (non-hydrogen) atoms. The predicted molar refractivity (Wildman–Crippen MR) is 72.9 cm³/mol. The highest BCUT2D eigenvalue weighted by Gasteiger charge is 2.10. The Bertz CT molecular complexity index is 579. The van der Waals surface area contributed by atoms with Crippen LogP contribution in [-0.2, 0) is 13.6 Å². The second-order valence-corrected chi connectivity index (χ2v) is 4.73. The maximum absolute atomic E-state index is 12.0. The third kappa shape index (κ3) is 2.70. The number of aromatic nitrogens is 2. The number of rotatable bonds is 3. The minimum Gasteiger partial charge on any atom is -0.399 e. The molecule has 0 bridgehead atoms. The van der Waals surface area contributed by atoms with Gasteiger partial charge in [0.2, 0.25) is 0 Å². The van der Waals surface area contributed by atoms with Crippen LogP contribution in [0.25, 0.3) is 0 Å². The molecule has 5 nitrogen and oxygen atoms in total. The summed E-state index contributed by atoms with van der Waals surface area (Å²) in [6, 6.07) is 5.13. The molecule has 0 saturated carbocycles. The number of benzene rings is 1. The van der Waals surface area contributed by atoms with E-state index in [1.807, 2.05) is 17.8 Å². The monoisotopic (exact) mass is 308 g/mol. The van der Waals surface area contributed by atoms with Crippen molar-refractivity contribution in [2.45, 2.75) is 6.54 Å². The lowest BCUT2D eigenvalue weighted by Crippen LogP contribution is -2.24. The summed E-state index contributed by atoms with van der Waals surface area (Å²) in [5.41, 5.74) is 6.74. The molecule has 1 aromatic carbocycles. The van der Waals surface area contributed by atoms with Crippen molar-refractivity contribution in [3.8, 4) is 0 Å². The van der Waals surface area contributed by atoms with Crippen LogP contribution < -0.4 is 11.1 Å². The fourth-order valence-electron chi connectivity index (χ4n) is 1.54. The first-order chi connectivity index (χ1) is 8.58. The fourth-order valence-corrected chi connectivity index (χ4v) is 1.96. The number of hydrogen-bond acceptors (Lipinski definition) is 3. The van der Waals surface area contributed by atoms with E-state index in [1.54, 1.807) is 24.4 Å². The largest absolute Gasteiger partial charge is 0.399 e. The third-order valence-corrected chi connectivity index (χ3v) is 3.25. The van der Waals surface area contributed by atoms with Crippen molar-refractivity contribution in [3.05, 3.63) is 46.5 Å². The molecule has 0 aliphatic rings. The molecule has 2 rings (SSSR count). The Labute approximate surface area is 113 Å². The summed E-state index contributed by atoms with van der Waals surface area (Å²) >= 11 is 3.33. The van der Waals surface area contributed by atoms with Crippen LogP contribution in [0.4, 0.5) is 5.69 Å². The summed E-state index contributed by atoms with van der Waals surface area (Å²) in [5, 5.41) is 2.80. The molecule has 6 heteroatoms. The Morgan fingerprint density at radius 2 is 2.33 bits per heavy atom. The molecule has 94 valence electrons. The number of anilines is 1. The first-order valence-corrected chi connectivity index (χ1v) is 6.16. The summed E-state index contributed by atoms with van der Waals surface area (Å²) in [7, 11) is 1.88. The minimum atomic E-state index is -0.183. The van der Waals surface area contributed by atoms with E-state index in [4.69, 9.17) is 5.73 Å². The average Bonchev–Trinajstić information content (AvgIpc) is 2.75. The molecule has 0 unspecified atom stereocenters. The molecule has 0 spiro atoms. The average molecular weight is 309 g/mol. The van der Waals surface area contributed by atoms with Crippen LogP contribution >= 0.6 is 15.9 Å². The molecule has 3 N–H and O–H groups in total. The van der Waals surface area contributed by atoms with E-state index in [9.17, 15) is 4.79 Å². The lowest BCUT2D eigenvalue weighted by Gasteiger charge is -2.07. The van der Waals surface area contributed by atoms with Gasteiger partial charge in [-0.2, -0.15) is 0 Å². The van der Waals surface area contributed by atoms with Crippen molar-refractivity contribution < 1.29 is 4.79 Å². The molecular weight excluding hydrogens is 296 g/mol. The van der Waals surface area contributed by atoms with Crippen molar-refractivity contribution in [1.82, 2.24) is 14.9 Å². The second kappa shape index (κ2) is 5.22. The lowest BCUT2D eigenvalue weighted by molar-refractivity contribution is 0.0949. The van der Waals surface area contributed by atoms with Crippen molar-refractivity contribution >= 4 is 27.5 Å². The Balaban J connectivity index is 2.08. The van der Waals surface area contributed by atoms with Crippen molar-refractivity contribution in [3.63, 3.8) is 0 Å². The Morgan fingerprint density at radius 3 is 3.00 bits per heavy atom. The lowest BCUT2D eigenvalue weighted by atomic mass is 10.2. The van der Waals surface area contributed by atoms with Crippen molar-refractivity contribution in [2.75, 3.05) is 5.73 Å². The maximum Gasteiger partial charge on any atom is 0.252 e. The van der Waals surface area contributed by atoms with Crippen LogP contribution in [0.15, 0.2) is 35.1 Å². The van der Waals surface area contributed by atoms with Crippen molar-refractivity contribution in [1.29, 1.82) is 0 Å². The molecule has 1 heterocycles. The maximum atomic E-state index is 12.0. The van der Waals surface area contributed by atoms with Gasteiger partial charge in [-0.15, -0.1) is 0 Å². The van der Waals surface area contributed by atoms with E-state index >= 15 is 0 Å². The van der Waals surface area contributed by atoms with Crippen LogP contribution in [0.1, 0.15) is 16.2 Å². The van der Waals surface area contributed by atoms with E-state index in [0.717, 1.165) is 5.82 Å². The number of hydrogen-bond donors (Lipinski definition) is 2. The SMILES string of the molecule is Cn1ccnc1CNC(=O)c1cc(N)ccc1Br. The van der Waals surface area contributed by atoms with E-state index in [2.05, 4.69) is 26.2 Å². The standard InChI is InChI=1S/C12H13BrN4O/c1-17-5-4-15-11(17)7-16-12(18)9-6-8(14)2-3-10(9)13/h2-6H,7,14H2,1H3,(H,16,18). The van der Waals surface area contributed by atoms with Gasteiger partial charge in [0, 0.05) is 29.6 Å². The van der Waals surface area contributed by atoms with E-state index in [0.29, 0.717) is 22.3 Å².